The Kier molecular flexibility index (Phi) is 5.16. The summed E-state index contributed by atoms with van der Waals surface area (Å²) in [7, 11) is 1.24. The molecule has 0 radical (unpaired) electrons. The summed E-state index contributed by atoms with van der Waals surface area (Å²) in [5.74, 6) is -0.626. The van der Waals surface area contributed by atoms with Gasteiger partial charge in [0.25, 0.3) is 0 Å². The highest BCUT2D eigenvalue weighted by Crippen LogP contribution is 2.22. The lowest BCUT2D eigenvalue weighted by Gasteiger charge is -2.31. The number of aryl methyl sites for hydroxylation is 1. The molecule has 1 amide bonds. The second kappa shape index (κ2) is 7.08. The fourth-order valence-corrected chi connectivity index (χ4v) is 2.66. The van der Waals surface area contributed by atoms with E-state index >= 15 is 0 Å². The largest absolute Gasteiger partial charge is 0.462 e. The molecule has 1 aliphatic rings. The Morgan fingerprint density at radius 2 is 1.85 bits per heavy atom. The number of hydrogen-bond acceptors (Lipinski definition) is 3. The first kappa shape index (κ1) is 14.6. The molecule has 20 heavy (non-hydrogen) atoms. The van der Waals surface area contributed by atoms with Crippen LogP contribution in [0, 0.1) is 5.92 Å². The van der Waals surface area contributed by atoms with Crippen LogP contribution in [0.3, 0.4) is 0 Å². The van der Waals surface area contributed by atoms with Crippen molar-refractivity contribution in [2.45, 2.75) is 25.7 Å². The Morgan fingerprint density at radius 1 is 1.20 bits per heavy atom. The lowest BCUT2D eigenvalue weighted by Crippen LogP contribution is -2.42. The van der Waals surface area contributed by atoms with Gasteiger partial charge in [-0.3, -0.25) is 4.79 Å². The van der Waals surface area contributed by atoms with E-state index < -0.39 is 11.9 Å². The van der Waals surface area contributed by atoms with Gasteiger partial charge in [0.1, 0.15) is 0 Å². The number of amides is 1. The standard InChI is InChI=1S/C16H21NO3/c1-20-16(19)15(18)17-11-9-14(10-12-17)8-7-13-5-3-2-4-6-13/h2-6,14H,7-12H2,1H3. The van der Waals surface area contributed by atoms with Crippen molar-refractivity contribution < 1.29 is 14.3 Å². The Hall–Kier alpha value is -1.84. The van der Waals surface area contributed by atoms with Gasteiger partial charge in [-0.25, -0.2) is 4.79 Å². The molecule has 0 unspecified atom stereocenters. The maximum atomic E-state index is 11.7. The fraction of sp³-hybridized carbons (Fsp3) is 0.500. The molecule has 1 fully saturated rings. The van der Waals surface area contributed by atoms with Gasteiger partial charge in [0.15, 0.2) is 0 Å². The van der Waals surface area contributed by atoms with E-state index in [0.29, 0.717) is 19.0 Å². The summed E-state index contributed by atoms with van der Waals surface area (Å²) >= 11 is 0. The maximum Gasteiger partial charge on any atom is 0.396 e. The summed E-state index contributed by atoms with van der Waals surface area (Å²) in [5.41, 5.74) is 1.36. The molecule has 0 atom stereocenters. The minimum atomic E-state index is -0.757. The first-order valence-corrected chi connectivity index (χ1v) is 7.12. The topological polar surface area (TPSA) is 46.6 Å². The van der Waals surface area contributed by atoms with Crippen LogP contribution in [0.4, 0.5) is 0 Å². The third-order valence-electron chi connectivity index (χ3n) is 3.95. The molecule has 4 heteroatoms. The Balaban J connectivity index is 1.74. The van der Waals surface area contributed by atoms with Gasteiger partial charge in [0.2, 0.25) is 0 Å². The van der Waals surface area contributed by atoms with Crippen molar-refractivity contribution in [1.29, 1.82) is 0 Å². The van der Waals surface area contributed by atoms with Crippen LogP contribution in [-0.2, 0) is 20.7 Å². The van der Waals surface area contributed by atoms with E-state index in [1.165, 1.54) is 12.7 Å². The molecule has 0 N–H and O–H groups in total. The third-order valence-corrected chi connectivity index (χ3v) is 3.95. The van der Waals surface area contributed by atoms with Gasteiger partial charge in [0.05, 0.1) is 7.11 Å². The number of ether oxygens (including phenoxy) is 1. The van der Waals surface area contributed by atoms with E-state index in [4.69, 9.17) is 0 Å². The van der Waals surface area contributed by atoms with Crippen LogP contribution in [0.2, 0.25) is 0 Å². The highest BCUT2D eigenvalue weighted by molar-refractivity contribution is 6.32. The minimum absolute atomic E-state index is 0.506. The predicted molar refractivity (Wildman–Crippen MR) is 76.1 cm³/mol. The van der Waals surface area contributed by atoms with Gasteiger partial charge in [-0.15, -0.1) is 0 Å². The quantitative estimate of drug-likeness (QED) is 0.626. The summed E-state index contributed by atoms with van der Waals surface area (Å²) in [4.78, 5) is 24.5. The minimum Gasteiger partial charge on any atom is -0.462 e. The first-order valence-electron chi connectivity index (χ1n) is 7.12. The number of hydrogen-bond donors (Lipinski definition) is 0. The van der Waals surface area contributed by atoms with Crippen LogP contribution in [0.15, 0.2) is 30.3 Å². The Labute approximate surface area is 119 Å². The monoisotopic (exact) mass is 275 g/mol. The lowest BCUT2D eigenvalue weighted by molar-refractivity contribution is -0.158. The van der Waals surface area contributed by atoms with Crippen molar-refractivity contribution in [3.8, 4) is 0 Å². The smallest absolute Gasteiger partial charge is 0.396 e. The number of likely N-dealkylation sites (tertiary alicyclic amines) is 1. The molecule has 4 nitrogen and oxygen atoms in total. The molecule has 1 heterocycles. The van der Waals surface area contributed by atoms with Gasteiger partial charge in [-0.05, 0) is 37.2 Å². The molecule has 0 aliphatic carbocycles. The summed E-state index contributed by atoms with van der Waals surface area (Å²) in [6.07, 6.45) is 4.16. The number of nitrogens with zero attached hydrogens (tertiary/aromatic N) is 1. The maximum absolute atomic E-state index is 11.7. The average molecular weight is 275 g/mol. The predicted octanol–water partition coefficient (Wildman–Crippen LogP) is 2.03. The highest BCUT2D eigenvalue weighted by Gasteiger charge is 2.27. The van der Waals surface area contributed by atoms with Crippen LogP contribution in [0.25, 0.3) is 0 Å². The molecule has 1 saturated heterocycles. The molecular formula is C16H21NO3. The Morgan fingerprint density at radius 3 is 2.45 bits per heavy atom. The SMILES string of the molecule is COC(=O)C(=O)N1CCC(CCc2ccccc2)CC1. The van der Waals surface area contributed by atoms with Crippen molar-refractivity contribution in [2.24, 2.45) is 5.92 Å². The van der Waals surface area contributed by atoms with Gasteiger partial charge in [0, 0.05) is 13.1 Å². The zero-order valence-electron chi connectivity index (χ0n) is 11.9. The Bertz CT molecular complexity index is 450. The second-order valence-electron chi connectivity index (χ2n) is 5.25. The number of piperidine rings is 1. The summed E-state index contributed by atoms with van der Waals surface area (Å²) in [6.45, 7) is 1.32. The first-order chi connectivity index (χ1) is 9.70. The summed E-state index contributed by atoms with van der Waals surface area (Å²) < 4.78 is 4.47. The number of carbonyl (C=O) groups excluding carboxylic acids is 2. The van der Waals surface area contributed by atoms with E-state index in [1.807, 2.05) is 6.07 Å². The summed E-state index contributed by atoms with van der Waals surface area (Å²) in [5, 5.41) is 0. The van der Waals surface area contributed by atoms with Crippen LogP contribution in [-0.4, -0.2) is 37.0 Å². The van der Waals surface area contributed by atoms with E-state index in [-0.39, 0.29) is 0 Å². The average Bonchev–Trinajstić information content (AvgIpc) is 2.53. The van der Waals surface area contributed by atoms with E-state index in [9.17, 15) is 9.59 Å². The second-order valence-corrected chi connectivity index (χ2v) is 5.25. The van der Waals surface area contributed by atoms with E-state index in [0.717, 1.165) is 25.7 Å². The van der Waals surface area contributed by atoms with Gasteiger partial charge < -0.3 is 9.64 Å². The van der Waals surface area contributed by atoms with E-state index in [1.54, 1.807) is 4.90 Å². The number of carbonyl (C=O) groups is 2. The molecule has 1 aromatic carbocycles. The van der Waals surface area contributed by atoms with Crippen LogP contribution >= 0.6 is 0 Å². The van der Waals surface area contributed by atoms with E-state index in [2.05, 4.69) is 29.0 Å². The third kappa shape index (κ3) is 3.83. The molecule has 2 rings (SSSR count). The lowest BCUT2D eigenvalue weighted by atomic mass is 9.90. The number of rotatable bonds is 3. The molecule has 0 aromatic heterocycles. The molecule has 1 aromatic rings. The highest BCUT2D eigenvalue weighted by atomic mass is 16.5. The molecule has 108 valence electrons. The molecule has 0 saturated carbocycles. The van der Waals surface area contributed by atoms with Crippen molar-refractivity contribution >= 4 is 11.9 Å². The molecule has 0 bridgehead atoms. The van der Waals surface area contributed by atoms with Crippen molar-refractivity contribution in [3.63, 3.8) is 0 Å². The molecule has 1 aliphatic heterocycles. The number of esters is 1. The fourth-order valence-electron chi connectivity index (χ4n) is 2.66. The van der Waals surface area contributed by atoms with Gasteiger partial charge >= 0.3 is 11.9 Å². The molecular weight excluding hydrogens is 254 g/mol. The van der Waals surface area contributed by atoms with Gasteiger partial charge in [-0.2, -0.15) is 0 Å². The molecule has 0 spiro atoms. The van der Waals surface area contributed by atoms with Crippen LogP contribution in [0.5, 0.6) is 0 Å². The number of methoxy groups -OCH3 is 1. The van der Waals surface area contributed by atoms with Crippen molar-refractivity contribution in [3.05, 3.63) is 35.9 Å². The van der Waals surface area contributed by atoms with Crippen LogP contribution < -0.4 is 0 Å². The van der Waals surface area contributed by atoms with Crippen molar-refractivity contribution in [1.82, 2.24) is 4.90 Å². The normalized spacial score (nSPS) is 15.9. The van der Waals surface area contributed by atoms with Crippen molar-refractivity contribution in [2.75, 3.05) is 20.2 Å². The van der Waals surface area contributed by atoms with Crippen LogP contribution in [0.1, 0.15) is 24.8 Å². The zero-order chi connectivity index (χ0) is 14.4. The number of benzene rings is 1. The van der Waals surface area contributed by atoms with Gasteiger partial charge in [-0.1, -0.05) is 30.3 Å². The summed E-state index contributed by atoms with van der Waals surface area (Å²) in [6, 6.07) is 10.5. The zero-order valence-corrected chi connectivity index (χ0v) is 11.9.